The molecule has 2 fully saturated rings. The number of likely N-dealkylation sites (tertiary alicyclic amines) is 1. The number of pyridine rings is 1. The quantitative estimate of drug-likeness (QED) is 0.767. The Balaban J connectivity index is 1.69. The molecule has 0 amide bonds. The smallest absolute Gasteiger partial charge is 0.0635 e. The molecule has 0 saturated carbocycles. The second kappa shape index (κ2) is 8.37. The van der Waals surface area contributed by atoms with Crippen LogP contribution in [0.2, 0.25) is 0 Å². The van der Waals surface area contributed by atoms with Gasteiger partial charge in [-0.1, -0.05) is 6.07 Å². The first-order chi connectivity index (χ1) is 12.4. The molecule has 146 valence electrons. The van der Waals surface area contributed by atoms with Crippen LogP contribution in [0.3, 0.4) is 0 Å². The number of rotatable bonds is 6. The molecule has 4 heteroatoms. The minimum atomic E-state index is -0.0714. The highest BCUT2D eigenvalue weighted by molar-refractivity contribution is 5.22. The summed E-state index contributed by atoms with van der Waals surface area (Å²) in [4.78, 5) is 7.38. The molecular weight excluding hydrogens is 324 g/mol. The highest BCUT2D eigenvalue weighted by atomic mass is 16.5. The van der Waals surface area contributed by atoms with Gasteiger partial charge >= 0.3 is 0 Å². The van der Waals surface area contributed by atoms with Crippen LogP contribution in [0, 0.1) is 5.92 Å². The van der Waals surface area contributed by atoms with E-state index in [0.717, 1.165) is 32.6 Å². The number of ether oxygens (including phenoxy) is 2. The Bertz CT molecular complexity index is 553. The molecule has 0 N–H and O–H groups in total. The normalized spacial score (nSPS) is 27.7. The lowest BCUT2D eigenvalue weighted by atomic mass is 9.61. The summed E-state index contributed by atoms with van der Waals surface area (Å²) >= 11 is 0. The van der Waals surface area contributed by atoms with Gasteiger partial charge in [-0.05, 0) is 84.5 Å². The van der Waals surface area contributed by atoms with E-state index in [2.05, 4.69) is 44.7 Å². The molecule has 26 heavy (non-hydrogen) atoms. The number of hydrogen-bond acceptors (Lipinski definition) is 4. The molecule has 1 atom stereocenters. The third-order valence-corrected chi connectivity index (χ3v) is 6.18. The highest BCUT2D eigenvalue weighted by Gasteiger charge is 2.48. The van der Waals surface area contributed by atoms with E-state index >= 15 is 0 Å². The summed E-state index contributed by atoms with van der Waals surface area (Å²) in [5, 5.41) is 0. The van der Waals surface area contributed by atoms with Crippen molar-refractivity contribution in [3.8, 4) is 0 Å². The molecular formula is C22H36N2O2. The van der Waals surface area contributed by atoms with Gasteiger partial charge in [-0.2, -0.15) is 0 Å². The molecule has 3 rings (SSSR count). The fourth-order valence-electron chi connectivity index (χ4n) is 4.97. The van der Waals surface area contributed by atoms with Crippen LogP contribution >= 0.6 is 0 Å². The van der Waals surface area contributed by atoms with Gasteiger partial charge in [0.2, 0.25) is 0 Å². The van der Waals surface area contributed by atoms with Crippen LogP contribution < -0.4 is 0 Å². The van der Waals surface area contributed by atoms with Crippen LogP contribution in [0.4, 0.5) is 0 Å². The van der Waals surface area contributed by atoms with Crippen molar-refractivity contribution in [2.24, 2.45) is 5.92 Å². The third-order valence-electron chi connectivity index (χ3n) is 6.18. The number of piperidine rings is 1. The molecule has 0 spiro atoms. The maximum Gasteiger partial charge on any atom is 0.0635 e. The van der Waals surface area contributed by atoms with Gasteiger partial charge in [0.05, 0.1) is 18.3 Å². The SMILES string of the molecule is CC(C)OCCN1CCC(C2(c3ccccn3)CCOC(C)(C)C2)CC1. The average Bonchev–Trinajstić information content (AvgIpc) is 2.62. The Labute approximate surface area is 159 Å². The molecule has 0 aromatic carbocycles. The van der Waals surface area contributed by atoms with Crippen molar-refractivity contribution in [1.82, 2.24) is 9.88 Å². The molecule has 2 aliphatic heterocycles. The van der Waals surface area contributed by atoms with Crippen LogP contribution in [0.25, 0.3) is 0 Å². The predicted molar refractivity (Wildman–Crippen MR) is 105 cm³/mol. The van der Waals surface area contributed by atoms with E-state index in [-0.39, 0.29) is 11.0 Å². The summed E-state index contributed by atoms with van der Waals surface area (Å²) < 4.78 is 11.8. The van der Waals surface area contributed by atoms with E-state index < -0.39 is 0 Å². The van der Waals surface area contributed by atoms with Crippen molar-refractivity contribution >= 4 is 0 Å². The Kier molecular flexibility index (Phi) is 6.37. The lowest BCUT2D eigenvalue weighted by Crippen LogP contribution is -2.51. The molecule has 0 bridgehead atoms. The van der Waals surface area contributed by atoms with Gasteiger partial charge in [0.1, 0.15) is 0 Å². The summed E-state index contributed by atoms with van der Waals surface area (Å²) in [6, 6.07) is 6.41. The molecule has 2 aliphatic rings. The van der Waals surface area contributed by atoms with Crippen LogP contribution in [0.5, 0.6) is 0 Å². The van der Waals surface area contributed by atoms with Crippen molar-refractivity contribution in [1.29, 1.82) is 0 Å². The second-order valence-electron chi connectivity index (χ2n) is 8.94. The Hall–Kier alpha value is -0.970. The van der Waals surface area contributed by atoms with Gasteiger partial charge in [0.25, 0.3) is 0 Å². The molecule has 3 heterocycles. The number of hydrogen-bond donors (Lipinski definition) is 0. The lowest BCUT2D eigenvalue weighted by Gasteiger charge is -2.51. The van der Waals surface area contributed by atoms with Gasteiger partial charge < -0.3 is 14.4 Å². The first-order valence-corrected chi connectivity index (χ1v) is 10.3. The van der Waals surface area contributed by atoms with Crippen LogP contribution in [0.1, 0.15) is 59.1 Å². The Morgan fingerprint density at radius 2 is 2.04 bits per heavy atom. The molecule has 0 aliphatic carbocycles. The third kappa shape index (κ3) is 4.65. The fourth-order valence-corrected chi connectivity index (χ4v) is 4.97. The first-order valence-electron chi connectivity index (χ1n) is 10.3. The van der Waals surface area contributed by atoms with Gasteiger partial charge in [0, 0.05) is 30.5 Å². The predicted octanol–water partition coefficient (Wildman–Crippen LogP) is 4.05. The van der Waals surface area contributed by atoms with Crippen molar-refractivity contribution in [2.75, 3.05) is 32.8 Å². The average molecular weight is 361 g/mol. The zero-order valence-electron chi connectivity index (χ0n) is 17.0. The molecule has 2 saturated heterocycles. The van der Waals surface area contributed by atoms with Crippen LogP contribution in [0.15, 0.2) is 24.4 Å². The maximum absolute atomic E-state index is 6.07. The number of nitrogens with zero attached hydrogens (tertiary/aromatic N) is 2. The standard InChI is InChI=1S/C22H36N2O2/c1-18(2)25-16-14-24-12-8-19(9-13-24)22(20-7-5-6-11-23-20)10-15-26-21(3,4)17-22/h5-7,11,18-19H,8-10,12-17H2,1-4H3. The molecule has 1 aromatic heterocycles. The second-order valence-corrected chi connectivity index (χ2v) is 8.94. The van der Waals surface area contributed by atoms with Crippen LogP contribution in [-0.4, -0.2) is 54.4 Å². The topological polar surface area (TPSA) is 34.6 Å². The van der Waals surface area contributed by atoms with Gasteiger partial charge in [0.15, 0.2) is 0 Å². The van der Waals surface area contributed by atoms with E-state index in [0.29, 0.717) is 12.0 Å². The summed E-state index contributed by atoms with van der Waals surface area (Å²) in [5.41, 5.74) is 1.36. The number of aromatic nitrogens is 1. The van der Waals surface area contributed by atoms with Crippen molar-refractivity contribution < 1.29 is 9.47 Å². The van der Waals surface area contributed by atoms with Crippen molar-refractivity contribution in [2.45, 2.75) is 70.5 Å². The molecule has 4 nitrogen and oxygen atoms in total. The molecule has 1 unspecified atom stereocenters. The molecule has 0 radical (unpaired) electrons. The monoisotopic (exact) mass is 360 g/mol. The van der Waals surface area contributed by atoms with Crippen molar-refractivity contribution in [3.05, 3.63) is 30.1 Å². The summed E-state index contributed by atoms with van der Waals surface area (Å²) in [5.74, 6) is 0.683. The zero-order valence-corrected chi connectivity index (χ0v) is 17.0. The van der Waals surface area contributed by atoms with E-state index in [1.165, 1.54) is 31.6 Å². The first kappa shape index (κ1) is 19.8. The fraction of sp³-hybridized carbons (Fsp3) is 0.773. The van der Waals surface area contributed by atoms with E-state index in [4.69, 9.17) is 14.5 Å². The lowest BCUT2D eigenvalue weighted by molar-refractivity contribution is -0.102. The largest absolute Gasteiger partial charge is 0.377 e. The summed E-state index contributed by atoms with van der Waals surface area (Å²) in [7, 11) is 0. The van der Waals surface area contributed by atoms with Crippen LogP contribution in [-0.2, 0) is 14.9 Å². The minimum Gasteiger partial charge on any atom is -0.377 e. The maximum atomic E-state index is 6.07. The van der Waals surface area contributed by atoms with E-state index in [1.54, 1.807) is 0 Å². The van der Waals surface area contributed by atoms with Gasteiger partial charge in [-0.3, -0.25) is 4.98 Å². The molecule has 1 aromatic rings. The summed E-state index contributed by atoms with van der Waals surface area (Å²) in [6.07, 6.45) is 6.93. The van der Waals surface area contributed by atoms with Gasteiger partial charge in [-0.15, -0.1) is 0 Å². The van der Waals surface area contributed by atoms with Gasteiger partial charge in [-0.25, -0.2) is 0 Å². The Morgan fingerprint density at radius 3 is 2.65 bits per heavy atom. The van der Waals surface area contributed by atoms with E-state index in [9.17, 15) is 0 Å². The minimum absolute atomic E-state index is 0.0714. The van der Waals surface area contributed by atoms with E-state index in [1.807, 2.05) is 12.3 Å². The highest BCUT2D eigenvalue weighted by Crippen LogP contribution is 2.49. The zero-order chi connectivity index (χ0) is 18.6. The van der Waals surface area contributed by atoms with Crippen molar-refractivity contribution in [3.63, 3.8) is 0 Å². The summed E-state index contributed by atoms with van der Waals surface area (Å²) in [6.45, 7) is 13.8. The Morgan fingerprint density at radius 1 is 1.27 bits per heavy atom.